The highest BCUT2D eigenvalue weighted by Crippen LogP contribution is 2.24. The molecule has 2 aromatic rings. The highest BCUT2D eigenvalue weighted by Gasteiger charge is 2.19. The van der Waals surface area contributed by atoms with E-state index in [1.807, 2.05) is 24.3 Å². The molecule has 1 heterocycles. The highest BCUT2D eigenvalue weighted by atomic mass is 32.2. The minimum absolute atomic E-state index is 0.000664. The fraction of sp³-hybridized carbons (Fsp3) is 0.524. The molecule has 152 valence electrons. The van der Waals surface area contributed by atoms with Gasteiger partial charge >= 0.3 is 0 Å². The molecule has 1 N–H and O–H groups in total. The molecule has 1 saturated carbocycles. The number of rotatable bonds is 7. The van der Waals surface area contributed by atoms with Crippen molar-refractivity contribution < 1.29 is 18.2 Å². The molecule has 1 aliphatic carbocycles. The molecule has 0 aliphatic heterocycles. The molecular formula is C21H28N2O4S. The van der Waals surface area contributed by atoms with Crippen LogP contribution < -0.4 is 10.1 Å². The van der Waals surface area contributed by atoms with Gasteiger partial charge in [0.05, 0.1) is 18.6 Å². The molecule has 0 saturated heterocycles. The number of aryl methyl sites for hydroxylation is 1. The van der Waals surface area contributed by atoms with E-state index >= 15 is 0 Å². The van der Waals surface area contributed by atoms with Crippen LogP contribution in [0.4, 0.5) is 0 Å². The summed E-state index contributed by atoms with van der Waals surface area (Å²) in [7, 11) is 0.292. The largest absolute Gasteiger partial charge is 0.497 e. The third kappa shape index (κ3) is 5.67. The topological polar surface area (TPSA) is 81.4 Å². The second-order valence-corrected chi connectivity index (χ2v) is 8.69. The van der Waals surface area contributed by atoms with Gasteiger partial charge in [-0.1, -0.05) is 25.7 Å². The smallest absolute Gasteiger partial charge is 0.232 e. The fourth-order valence-electron chi connectivity index (χ4n) is 3.46. The van der Waals surface area contributed by atoms with E-state index < -0.39 is 10.8 Å². The molecule has 0 spiro atoms. The van der Waals surface area contributed by atoms with Gasteiger partial charge in [-0.3, -0.25) is 9.00 Å². The third-order valence-electron chi connectivity index (χ3n) is 5.04. The Hall–Kier alpha value is -2.15. The van der Waals surface area contributed by atoms with Crippen molar-refractivity contribution in [1.82, 2.24) is 10.3 Å². The fourth-order valence-corrected chi connectivity index (χ4v) is 4.51. The first kappa shape index (κ1) is 20.6. The van der Waals surface area contributed by atoms with Crippen LogP contribution in [0, 0.1) is 6.92 Å². The molecule has 1 fully saturated rings. The predicted octanol–water partition coefficient (Wildman–Crippen LogP) is 3.75. The van der Waals surface area contributed by atoms with Gasteiger partial charge in [0.25, 0.3) is 0 Å². The molecule has 6 nitrogen and oxygen atoms in total. The Morgan fingerprint density at radius 3 is 2.54 bits per heavy atom. The van der Waals surface area contributed by atoms with Gasteiger partial charge < -0.3 is 14.5 Å². The Morgan fingerprint density at radius 2 is 1.89 bits per heavy atom. The summed E-state index contributed by atoms with van der Waals surface area (Å²) in [6, 6.07) is 7.63. The lowest BCUT2D eigenvalue weighted by Crippen LogP contribution is -2.37. The van der Waals surface area contributed by atoms with Gasteiger partial charge in [0.15, 0.2) is 0 Å². The number of oxazole rings is 1. The number of aromatic nitrogens is 1. The van der Waals surface area contributed by atoms with E-state index in [0.29, 0.717) is 17.3 Å². The maximum atomic E-state index is 12.5. The number of ether oxygens (including phenoxy) is 1. The van der Waals surface area contributed by atoms with E-state index in [9.17, 15) is 9.00 Å². The maximum absolute atomic E-state index is 12.5. The number of methoxy groups -OCH3 is 1. The summed E-state index contributed by atoms with van der Waals surface area (Å²) >= 11 is 0. The summed E-state index contributed by atoms with van der Waals surface area (Å²) < 4.78 is 23.4. The number of nitrogens with zero attached hydrogens (tertiary/aromatic N) is 1. The predicted molar refractivity (Wildman–Crippen MR) is 110 cm³/mol. The summed E-state index contributed by atoms with van der Waals surface area (Å²) in [6.07, 6.45) is 6.82. The van der Waals surface area contributed by atoms with Crippen LogP contribution in [0.15, 0.2) is 28.7 Å². The Morgan fingerprint density at radius 1 is 1.21 bits per heavy atom. The van der Waals surface area contributed by atoms with Crippen molar-refractivity contribution >= 4 is 16.7 Å². The zero-order chi connectivity index (χ0) is 19.9. The third-order valence-corrected chi connectivity index (χ3v) is 6.22. The molecule has 0 radical (unpaired) electrons. The Labute approximate surface area is 168 Å². The lowest BCUT2D eigenvalue weighted by Gasteiger charge is -2.15. The van der Waals surface area contributed by atoms with Gasteiger partial charge in [0, 0.05) is 22.4 Å². The van der Waals surface area contributed by atoms with Crippen LogP contribution in [0.2, 0.25) is 0 Å². The molecule has 3 rings (SSSR count). The minimum atomic E-state index is -1.32. The Kier molecular flexibility index (Phi) is 7.25. The lowest BCUT2D eigenvalue weighted by atomic mass is 10.1. The summed E-state index contributed by atoms with van der Waals surface area (Å²) in [5.74, 6) is 1.94. The molecule has 7 heteroatoms. The van der Waals surface area contributed by atoms with E-state index in [0.717, 1.165) is 37.0 Å². The van der Waals surface area contributed by atoms with Crippen molar-refractivity contribution in [3.63, 3.8) is 0 Å². The van der Waals surface area contributed by atoms with E-state index in [-0.39, 0.29) is 23.5 Å². The average Bonchev–Trinajstić information content (AvgIpc) is 2.87. The van der Waals surface area contributed by atoms with Crippen LogP contribution in [0.5, 0.6) is 5.75 Å². The number of nitrogens with one attached hydrogen (secondary N) is 1. The second-order valence-electron chi connectivity index (χ2n) is 7.23. The number of benzene rings is 1. The first-order valence-electron chi connectivity index (χ1n) is 9.80. The highest BCUT2D eigenvalue weighted by molar-refractivity contribution is 7.84. The van der Waals surface area contributed by atoms with Crippen molar-refractivity contribution in [2.45, 2.75) is 57.2 Å². The monoisotopic (exact) mass is 404 g/mol. The minimum Gasteiger partial charge on any atom is -0.497 e. The number of carbonyl (C=O) groups excluding carboxylic acids is 1. The van der Waals surface area contributed by atoms with Crippen LogP contribution >= 0.6 is 0 Å². The molecule has 28 heavy (non-hydrogen) atoms. The quantitative estimate of drug-likeness (QED) is 0.711. The Balaban J connectivity index is 1.56. The first-order valence-corrected chi connectivity index (χ1v) is 11.3. The SMILES string of the molecule is COc1ccc(-c2nc(C[S@](=O)CC(=O)NC3CCCCCC3)c(C)o2)cc1. The summed E-state index contributed by atoms with van der Waals surface area (Å²) in [6.45, 7) is 1.80. The van der Waals surface area contributed by atoms with E-state index in [1.54, 1.807) is 14.0 Å². The first-order chi connectivity index (χ1) is 13.5. The van der Waals surface area contributed by atoms with Gasteiger partial charge in [-0.2, -0.15) is 0 Å². The average molecular weight is 405 g/mol. The van der Waals surface area contributed by atoms with Gasteiger partial charge in [-0.25, -0.2) is 4.98 Å². The molecule has 0 unspecified atom stereocenters. The summed E-state index contributed by atoms with van der Waals surface area (Å²) in [5, 5.41) is 3.04. The van der Waals surface area contributed by atoms with Crippen LogP contribution in [-0.4, -0.2) is 34.0 Å². The Bertz CT molecular complexity index is 808. The maximum Gasteiger partial charge on any atom is 0.232 e. The lowest BCUT2D eigenvalue weighted by molar-refractivity contribution is -0.119. The van der Waals surface area contributed by atoms with Crippen LogP contribution in [0.3, 0.4) is 0 Å². The van der Waals surface area contributed by atoms with E-state index in [4.69, 9.17) is 9.15 Å². The zero-order valence-corrected chi connectivity index (χ0v) is 17.3. The zero-order valence-electron chi connectivity index (χ0n) is 16.5. The molecule has 0 bridgehead atoms. The van der Waals surface area contributed by atoms with Crippen LogP contribution in [0.25, 0.3) is 11.5 Å². The van der Waals surface area contributed by atoms with Crippen LogP contribution in [-0.2, 0) is 21.3 Å². The molecule has 1 aromatic carbocycles. The molecule has 1 aromatic heterocycles. The van der Waals surface area contributed by atoms with Crippen LogP contribution in [0.1, 0.15) is 50.0 Å². The van der Waals surface area contributed by atoms with Gasteiger partial charge in [-0.15, -0.1) is 0 Å². The van der Waals surface area contributed by atoms with Crippen molar-refractivity contribution in [2.24, 2.45) is 0 Å². The molecule has 1 aliphatic rings. The standard InChI is InChI=1S/C21H28N2O4S/c1-15-19(23-21(27-15)16-9-11-18(26-2)12-10-16)13-28(25)14-20(24)22-17-7-5-3-4-6-8-17/h9-12,17H,3-8,13-14H2,1-2H3,(H,22,24)/t28-/m0/s1. The number of carbonyl (C=O) groups is 1. The normalized spacial score (nSPS) is 16.4. The van der Waals surface area contributed by atoms with Crippen molar-refractivity contribution in [3.05, 3.63) is 35.7 Å². The van der Waals surface area contributed by atoms with E-state index in [2.05, 4.69) is 10.3 Å². The number of hydrogen-bond acceptors (Lipinski definition) is 5. The van der Waals surface area contributed by atoms with Crippen molar-refractivity contribution in [1.29, 1.82) is 0 Å². The molecule has 1 atom stereocenters. The molecule has 1 amide bonds. The number of hydrogen-bond donors (Lipinski definition) is 1. The summed E-state index contributed by atoms with van der Waals surface area (Å²) in [5.41, 5.74) is 1.46. The van der Waals surface area contributed by atoms with Gasteiger partial charge in [0.1, 0.15) is 17.3 Å². The van der Waals surface area contributed by atoms with Crippen molar-refractivity contribution in [3.8, 4) is 17.2 Å². The second kappa shape index (κ2) is 9.87. The van der Waals surface area contributed by atoms with E-state index in [1.165, 1.54) is 12.8 Å². The van der Waals surface area contributed by atoms with Gasteiger partial charge in [-0.05, 0) is 44.0 Å². The van der Waals surface area contributed by atoms with Crippen molar-refractivity contribution in [2.75, 3.05) is 12.9 Å². The van der Waals surface area contributed by atoms with Gasteiger partial charge in [0.2, 0.25) is 11.8 Å². The molecular weight excluding hydrogens is 376 g/mol. The summed E-state index contributed by atoms with van der Waals surface area (Å²) in [4.78, 5) is 16.7. The number of amides is 1.